The van der Waals surface area contributed by atoms with Gasteiger partial charge >= 0.3 is 0 Å². The highest BCUT2D eigenvalue weighted by Crippen LogP contribution is 2.57. The van der Waals surface area contributed by atoms with E-state index >= 15 is 0 Å². The van der Waals surface area contributed by atoms with Gasteiger partial charge in [-0.05, 0) is 42.7 Å². The Bertz CT molecular complexity index is 1310. The highest BCUT2D eigenvalue weighted by molar-refractivity contribution is 8.00. The molecule has 3 aromatic carbocycles. The molecule has 2 aromatic heterocycles. The lowest BCUT2D eigenvalue weighted by molar-refractivity contribution is 0.850. The molecule has 0 amide bonds. The summed E-state index contributed by atoms with van der Waals surface area (Å²) in [6.07, 6.45) is 2.63. The van der Waals surface area contributed by atoms with E-state index in [1.807, 2.05) is 24.5 Å². The Labute approximate surface area is 195 Å². The van der Waals surface area contributed by atoms with Gasteiger partial charge in [0.1, 0.15) is 29.3 Å². The summed E-state index contributed by atoms with van der Waals surface area (Å²) in [4.78, 5) is 18.4. The Morgan fingerprint density at radius 3 is 1.81 bits per heavy atom. The fraction of sp³-hybridized carbons (Fsp3) is 0.0800. The van der Waals surface area contributed by atoms with E-state index in [0.717, 1.165) is 10.0 Å². The molecule has 5 aromatic rings. The van der Waals surface area contributed by atoms with Gasteiger partial charge in [-0.15, -0.1) is 5.10 Å². The molecule has 32 heavy (non-hydrogen) atoms. The minimum Gasteiger partial charge on any atom is -0.267 e. The Morgan fingerprint density at radius 2 is 1.34 bits per heavy atom. The van der Waals surface area contributed by atoms with Crippen molar-refractivity contribution in [1.82, 2.24) is 14.6 Å². The van der Waals surface area contributed by atoms with Gasteiger partial charge in [0, 0.05) is 6.07 Å². The van der Waals surface area contributed by atoms with Gasteiger partial charge in [0.2, 0.25) is 4.96 Å². The lowest BCUT2D eigenvalue weighted by Crippen LogP contribution is -2.33. The second kappa shape index (κ2) is 8.99. The summed E-state index contributed by atoms with van der Waals surface area (Å²) in [5.74, 6) is 0. The Kier molecular flexibility index (Phi) is 5.92. The maximum atomic E-state index is 12.9. The van der Waals surface area contributed by atoms with Crippen molar-refractivity contribution >= 4 is 51.2 Å². The van der Waals surface area contributed by atoms with Crippen molar-refractivity contribution in [1.29, 1.82) is 0 Å². The van der Waals surface area contributed by atoms with Crippen molar-refractivity contribution in [3.63, 3.8) is 0 Å². The normalized spacial score (nSPS) is 11.7. The van der Waals surface area contributed by atoms with Crippen LogP contribution >= 0.6 is 30.4 Å². The van der Waals surface area contributed by atoms with E-state index in [1.54, 1.807) is 6.07 Å². The van der Waals surface area contributed by atoms with Crippen LogP contribution in [0.25, 0.3) is 4.96 Å². The van der Waals surface area contributed by atoms with E-state index in [-0.39, 0.29) is 5.56 Å². The molecule has 0 fully saturated rings. The zero-order valence-corrected chi connectivity index (χ0v) is 20.0. The van der Waals surface area contributed by atoms with Crippen molar-refractivity contribution in [3.8, 4) is 0 Å². The van der Waals surface area contributed by atoms with Crippen LogP contribution in [0.1, 0.15) is 5.69 Å². The average molecular weight is 475 g/mol. The molecule has 0 atom stereocenters. The number of hydrogen-bond donors (Lipinski definition) is 0. The van der Waals surface area contributed by atoms with E-state index < -0.39 is 7.26 Å². The van der Waals surface area contributed by atoms with E-state index in [0.29, 0.717) is 11.1 Å². The first-order valence-electron chi connectivity index (χ1n) is 10.2. The fourth-order valence-corrected chi connectivity index (χ4v) is 9.53. The van der Waals surface area contributed by atoms with Crippen LogP contribution in [0.15, 0.2) is 106 Å². The third-order valence-corrected chi connectivity index (χ3v) is 11.7. The standard InChI is InChI=1S/C25H21N3OPS2/c1-31-25-27-28-23(29)17-19(26-24(28)32-25)18-30(20-11-5-2-6-12-20,21-13-7-3-8-14-21)22-15-9-4-10-16-22/h2-17H,18H2,1H3/q+1. The molecule has 4 nitrogen and oxygen atoms in total. The molecule has 2 heterocycles. The van der Waals surface area contributed by atoms with Crippen LogP contribution in [0, 0.1) is 0 Å². The van der Waals surface area contributed by atoms with Crippen LogP contribution < -0.4 is 21.5 Å². The zero-order valence-electron chi connectivity index (χ0n) is 17.5. The number of hydrogen-bond acceptors (Lipinski definition) is 5. The summed E-state index contributed by atoms with van der Waals surface area (Å²) < 4.78 is 2.25. The van der Waals surface area contributed by atoms with Crippen molar-refractivity contribution < 1.29 is 0 Å². The van der Waals surface area contributed by atoms with Gasteiger partial charge in [-0.25, -0.2) is 4.98 Å². The molecule has 7 heteroatoms. The summed E-state index contributed by atoms with van der Waals surface area (Å²) in [5.41, 5.74) is 0.671. The zero-order chi connectivity index (χ0) is 22.0. The van der Waals surface area contributed by atoms with Gasteiger partial charge < -0.3 is 0 Å². The summed E-state index contributed by atoms with van der Waals surface area (Å²) in [5, 5.41) is 8.19. The Hall–Kier alpha value is -2.79. The van der Waals surface area contributed by atoms with Crippen LogP contribution in [0.4, 0.5) is 0 Å². The first-order chi connectivity index (χ1) is 15.7. The van der Waals surface area contributed by atoms with E-state index in [2.05, 4.69) is 77.9 Å². The smallest absolute Gasteiger partial charge is 0.267 e. The number of thioether (sulfide) groups is 1. The molecule has 0 N–H and O–H groups in total. The van der Waals surface area contributed by atoms with Gasteiger partial charge in [0.05, 0.1) is 5.69 Å². The van der Waals surface area contributed by atoms with Crippen molar-refractivity contribution in [2.24, 2.45) is 0 Å². The molecule has 0 saturated heterocycles. The average Bonchev–Trinajstić information content (AvgIpc) is 3.28. The molecule has 158 valence electrons. The Morgan fingerprint density at radius 1 is 0.844 bits per heavy atom. The topological polar surface area (TPSA) is 47.3 Å². The molecule has 0 aliphatic carbocycles. The minimum atomic E-state index is -2.10. The highest BCUT2D eigenvalue weighted by Gasteiger charge is 2.46. The van der Waals surface area contributed by atoms with Gasteiger partial charge in [-0.3, -0.25) is 4.79 Å². The monoisotopic (exact) mass is 474 g/mol. The highest BCUT2D eigenvalue weighted by atomic mass is 32.2. The molecule has 0 aliphatic heterocycles. The van der Waals surface area contributed by atoms with Gasteiger partial charge in [0.15, 0.2) is 4.34 Å². The predicted octanol–water partition coefficient (Wildman–Crippen LogP) is 4.37. The van der Waals surface area contributed by atoms with Gasteiger partial charge in [-0.1, -0.05) is 77.7 Å². The van der Waals surface area contributed by atoms with Crippen molar-refractivity contribution in [2.45, 2.75) is 10.5 Å². The quantitative estimate of drug-likeness (QED) is 0.271. The first kappa shape index (κ1) is 21.1. The lowest BCUT2D eigenvalue weighted by Gasteiger charge is -2.27. The maximum absolute atomic E-state index is 12.9. The van der Waals surface area contributed by atoms with Crippen LogP contribution in [0.5, 0.6) is 0 Å². The molecule has 0 saturated carbocycles. The summed E-state index contributed by atoms with van der Waals surface area (Å²) in [7, 11) is -2.10. The van der Waals surface area contributed by atoms with Crippen LogP contribution in [0.2, 0.25) is 0 Å². The SMILES string of the molecule is CSc1nn2c(=O)cc(C[P+](c3ccccc3)(c3ccccc3)c3ccccc3)nc2s1. The Balaban J connectivity index is 1.77. The summed E-state index contributed by atoms with van der Waals surface area (Å²) in [6.45, 7) is 0. The van der Waals surface area contributed by atoms with E-state index in [1.165, 1.54) is 43.5 Å². The van der Waals surface area contributed by atoms with Crippen molar-refractivity contribution in [3.05, 3.63) is 113 Å². The second-order valence-corrected chi connectivity index (χ2v) is 12.8. The number of benzene rings is 3. The lowest BCUT2D eigenvalue weighted by atomic mass is 10.3. The molecule has 0 bridgehead atoms. The molecule has 0 unspecified atom stereocenters. The largest absolute Gasteiger partial charge is 0.275 e. The number of rotatable bonds is 6. The molecule has 0 aliphatic rings. The van der Waals surface area contributed by atoms with E-state index in [9.17, 15) is 4.79 Å². The molecule has 0 radical (unpaired) electrons. The maximum Gasteiger partial charge on any atom is 0.275 e. The predicted molar refractivity (Wildman–Crippen MR) is 138 cm³/mol. The van der Waals surface area contributed by atoms with Crippen LogP contribution in [0.3, 0.4) is 0 Å². The minimum absolute atomic E-state index is 0.131. The number of fused-ring (bicyclic) bond motifs is 1. The summed E-state index contributed by atoms with van der Waals surface area (Å²) >= 11 is 2.98. The van der Waals surface area contributed by atoms with Gasteiger partial charge in [0.25, 0.3) is 5.56 Å². The fourth-order valence-electron chi connectivity index (χ4n) is 4.01. The van der Waals surface area contributed by atoms with Crippen LogP contribution in [-0.2, 0) is 6.16 Å². The molecular weight excluding hydrogens is 453 g/mol. The second-order valence-electron chi connectivity index (χ2n) is 7.33. The molecule has 5 rings (SSSR count). The van der Waals surface area contributed by atoms with Crippen LogP contribution in [-0.4, -0.2) is 20.9 Å². The first-order valence-corrected chi connectivity index (χ1v) is 14.2. The van der Waals surface area contributed by atoms with E-state index in [4.69, 9.17) is 4.98 Å². The number of aromatic nitrogens is 3. The third kappa shape index (κ3) is 3.79. The molecular formula is C25H21N3OPS2+. The molecule has 0 spiro atoms. The third-order valence-electron chi connectivity index (χ3n) is 5.44. The van der Waals surface area contributed by atoms with Crippen molar-refractivity contribution in [2.75, 3.05) is 6.26 Å². The number of nitrogens with zero attached hydrogens (tertiary/aromatic N) is 3. The summed E-state index contributed by atoms with van der Waals surface area (Å²) in [6, 6.07) is 33.6. The van der Waals surface area contributed by atoms with Gasteiger partial charge in [-0.2, -0.15) is 4.52 Å².